The van der Waals surface area contributed by atoms with Crippen molar-refractivity contribution in [1.29, 1.82) is 5.41 Å². The maximum absolute atomic E-state index is 8.33. The van der Waals surface area contributed by atoms with Crippen molar-refractivity contribution in [3.63, 3.8) is 0 Å². The summed E-state index contributed by atoms with van der Waals surface area (Å²) in [6.07, 6.45) is -2.33. The van der Waals surface area contributed by atoms with Gasteiger partial charge in [0.2, 0.25) is 0 Å². The van der Waals surface area contributed by atoms with Gasteiger partial charge in [0.05, 0.1) is 0 Å². The van der Waals surface area contributed by atoms with Crippen LogP contribution in [0.5, 0.6) is 0 Å². The zero-order valence-corrected chi connectivity index (χ0v) is 9.88. The molecule has 0 amide bonds. The maximum atomic E-state index is 8.33. The number of hydrogen-bond donors (Lipinski definition) is 3. The summed E-state index contributed by atoms with van der Waals surface area (Å²) in [5.74, 6) is -0.333. The van der Waals surface area contributed by atoms with E-state index in [1.54, 1.807) is 0 Å². The summed E-state index contributed by atoms with van der Waals surface area (Å²) in [5.41, 5.74) is 8.94. The molecule has 0 aromatic rings. The Hall–Kier alpha value is 0.540. The van der Waals surface area contributed by atoms with Crippen LogP contribution in [0.25, 0.3) is 0 Å². The van der Waals surface area contributed by atoms with Crippen molar-refractivity contribution in [3.05, 3.63) is 0 Å². The molecule has 0 heterocycles. The smallest absolute Gasteiger partial charge is 0.652 e. The summed E-state index contributed by atoms with van der Waals surface area (Å²) in [5, 5.41) is 22.7. The normalized spacial score (nSPS) is 4.80. The van der Waals surface area contributed by atoms with E-state index in [1.165, 1.54) is 0 Å². The first-order valence-corrected chi connectivity index (χ1v) is 1.44. The van der Waals surface area contributed by atoms with E-state index in [1.807, 2.05) is 0 Å². The Morgan fingerprint density at radius 1 is 1.20 bits per heavy atom. The van der Waals surface area contributed by atoms with Crippen molar-refractivity contribution >= 4 is 12.1 Å². The van der Waals surface area contributed by atoms with Crippen molar-refractivity contribution < 1.29 is 74.1 Å². The van der Waals surface area contributed by atoms with E-state index in [0.29, 0.717) is 0 Å². The van der Waals surface area contributed by atoms with Crippen LogP contribution in [-0.2, 0) is 0 Å². The van der Waals surface area contributed by atoms with Crippen molar-refractivity contribution in [3.8, 4) is 0 Å². The number of carbonyl (C=O) groups is 1. The fourth-order valence-electron chi connectivity index (χ4n) is 0. The Bertz CT molecular complexity index is 77.7. The van der Waals surface area contributed by atoms with E-state index in [2.05, 4.69) is 11.5 Å². The van der Waals surface area contributed by atoms with Crippen molar-refractivity contribution in [1.82, 2.24) is 0 Å². The van der Waals surface area contributed by atoms with Crippen LogP contribution in [0.4, 0.5) is 4.79 Å². The number of rotatable bonds is 0. The Morgan fingerprint density at radius 3 is 1.20 bits per heavy atom. The zero-order chi connectivity index (χ0) is 7.15. The Balaban J connectivity index is -0.0000000300. The summed E-state index contributed by atoms with van der Waals surface area (Å²) >= 11 is 0. The Kier molecular flexibility index (Phi) is 36.5. The van der Waals surface area contributed by atoms with E-state index in [4.69, 9.17) is 20.4 Å². The largest absolute Gasteiger partial charge is 1.00 e. The summed E-state index contributed by atoms with van der Waals surface area (Å²) in [7, 11) is 0. The third-order valence-corrected chi connectivity index (χ3v) is 0. The fraction of sp³-hybridized carbons (Fsp3) is 0. The molecule has 0 fully saturated rings. The molecule has 0 bridgehead atoms. The molecule has 6 nitrogen and oxygen atoms in total. The summed E-state index contributed by atoms with van der Waals surface area (Å²) in [4.78, 5) is 8.33. The van der Waals surface area contributed by atoms with Crippen molar-refractivity contribution in [2.75, 3.05) is 0 Å². The SMILES string of the molecule is N=C(N)N.O=C([O-])[O-].[Na+].[Na+]. The van der Waals surface area contributed by atoms with Crippen LogP contribution in [0.15, 0.2) is 0 Å². The zero-order valence-electron chi connectivity index (χ0n) is 5.88. The first-order valence-electron chi connectivity index (χ1n) is 1.44. The first-order chi connectivity index (χ1) is 3.46. The molecule has 0 aromatic carbocycles. The predicted octanol–water partition coefficient (Wildman–Crippen LogP) is -9.60. The molecule has 0 aliphatic rings. The van der Waals surface area contributed by atoms with Gasteiger partial charge >= 0.3 is 59.1 Å². The minimum absolute atomic E-state index is 0. The topological polar surface area (TPSA) is 139 Å². The third kappa shape index (κ3) is 1660. The second kappa shape index (κ2) is 16.3. The van der Waals surface area contributed by atoms with Gasteiger partial charge in [0.25, 0.3) is 0 Å². The van der Waals surface area contributed by atoms with Gasteiger partial charge in [-0.15, -0.1) is 0 Å². The quantitative estimate of drug-likeness (QED) is 0.186. The average Bonchev–Trinajstić information content (AvgIpc) is 1.25. The maximum Gasteiger partial charge on any atom is 1.00 e. The molecule has 8 heteroatoms. The van der Waals surface area contributed by atoms with Crippen molar-refractivity contribution in [2.24, 2.45) is 11.5 Å². The van der Waals surface area contributed by atoms with E-state index in [0.717, 1.165) is 0 Å². The van der Waals surface area contributed by atoms with Gasteiger partial charge in [0.1, 0.15) is 0 Å². The summed E-state index contributed by atoms with van der Waals surface area (Å²) in [6.45, 7) is 0. The molecule has 0 spiro atoms. The molecule has 0 saturated heterocycles. The van der Waals surface area contributed by atoms with E-state index < -0.39 is 6.16 Å². The van der Waals surface area contributed by atoms with Gasteiger partial charge in [0, 0.05) is 0 Å². The summed E-state index contributed by atoms with van der Waals surface area (Å²) in [6, 6.07) is 0. The van der Waals surface area contributed by atoms with Crippen LogP contribution in [0, 0.1) is 5.41 Å². The number of nitrogens with two attached hydrogens (primary N) is 2. The van der Waals surface area contributed by atoms with Gasteiger partial charge in [0.15, 0.2) is 5.96 Å². The minimum Gasteiger partial charge on any atom is -0.652 e. The molecule has 0 atom stereocenters. The predicted molar refractivity (Wildman–Crippen MR) is 21.5 cm³/mol. The molecular weight excluding hydrogens is 160 g/mol. The average molecular weight is 165 g/mol. The van der Waals surface area contributed by atoms with Gasteiger partial charge in [-0.2, -0.15) is 0 Å². The molecule has 0 rings (SSSR count). The minimum atomic E-state index is -2.33. The molecule has 5 N–H and O–H groups in total. The van der Waals surface area contributed by atoms with Crippen LogP contribution in [0.3, 0.4) is 0 Å². The number of hydrogen-bond acceptors (Lipinski definition) is 4. The standard InChI is InChI=1S/CH5N3.CH2O3.2Na/c2*2-1(3)4;;/h(H5,2,3,4);(H2,2,3,4);;/q;;2*+1/p-2. The van der Waals surface area contributed by atoms with E-state index >= 15 is 0 Å². The monoisotopic (exact) mass is 165 g/mol. The van der Waals surface area contributed by atoms with Gasteiger partial charge in [-0.05, 0) is 6.16 Å². The molecule has 48 valence electrons. The number of guanidine groups is 1. The number of carbonyl (C=O) groups excluding carboxylic acids is 1. The molecule has 0 unspecified atom stereocenters. The van der Waals surface area contributed by atoms with E-state index in [9.17, 15) is 0 Å². The molecule has 0 aliphatic carbocycles. The van der Waals surface area contributed by atoms with Crippen LogP contribution in [0.2, 0.25) is 0 Å². The van der Waals surface area contributed by atoms with Crippen LogP contribution in [-0.4, -0.2) is 12.1 Å². The van der Waals surface area contributed by atoms with Crippen LogP contribution < -0.4 is 80.8 Å². The van der Waals surface area contributed by atoms with Crippen molar-refractivity contribution in [2.45, 2.75) is 0 Å². The molecule has 0 aromatic heterocycles. The summed E-state index contributed by atoms with van der Waals surface area (Å²) < 4.78 is 0. The first kappa shape index (κ1) is 22.4. The number of nitrogens with one attached hydrogen (secondary N) is 1. The second-order valence-corrected chi connectivity index (χ2v) is 0.705. The number of carboxylic acid groups (broad SMARTS) is 2. The molecule has 0 radical (unpaired) electrons. The van der Waals surface area contributed by atoms with Crippen LogP contribution >= 0.6 is 0 Å². The Morgan fingerprint density at radius 2 is 1.20 bits per heavy atom. The molecule has 10 heavy (non-hydrogen) atoms. The van der Waals surface area contributed by atoms with Gasteiger partial charge in [-0.1, -0.05) is 0 Å². The molecule has 0 aliphatic heterocycles. The fourth-order valence-corrected chi connectivity index (χ4v) is 0. The van der Waals surface area contributed by atoms with E-state index in [-0.39, 0.29) is 65.1 Å². The Labute approximate surface area is 102 Å². The van der Waals surface area contributed by atoms with Crippen LogP contribution in [0.1, 0.15) is 0 Å². The third-order valence-electron chi connectivity index (χ3n) is 0. The van der Waals surface area contributed by atoms with Gasteiger partial charge in [-0.3, -0.25) is 5.41 Å². The molecule has 0 saturated carbocycles. The van der Waals surface area contributed by atoms with Gasteiger partial charge in [-0.25, -0.2) is 0 Å². The molecular formula is C2H5N3Na2O3. The second-order valence-electron chi connectivity index (χ2n) is 0.705. The van der Waals surface area contributed by atoms with Gasteiger partial charge < -0.3 is 26.5 Å².